The van der Waals surface area contributed by atoms with Crippen molar-refractivity contribution in [3.63, 3.8) is 0 Å². The molecule has 8 heteroatoms. The summed E-state index contributed by atoms with van der Waals surface area (Å²) in [6.45, 7) is 8.49. The third-order valence-corrected chi connectivity index (χ3v) is 4.47. The number of rotatable bonds is 4. The van der Waals surface area contributed by atoms with E-state index in [1.54, 1.807) is 24.1 Å². The first-order chi connectivity index (χ1) is 12.0. The molecule has 0 unspecified atom stereocenters. The molecule has 134 valence electrons. The molecule has 0 spiro atoms. The number of hydrogen-bond donors (Lipinski definition) is 0. The molecule has 1 fully saturated rings. The minimum atomic E-state index is -0.298. The van der Waals surface area contributed by atoms with Crippen LogP contribution < -0.4 is 9.64 Å². The van der Waals surface area contributed by atoms with Gasteiger partial charge in [-0.05, 0) is 26.8 Å². The SMILES string of the molecule is COc1ccnc(N2CCN(C(=O)[C@@H](C)n3nc(C)cc3C)CC2)n1. The Balaban J connectivity index is 1.63. The van der Waals surface area contributed by atoms with Crippen molar-refractivity contribution in [3.8, 4) is 5.88 Å². The Bertz CT molecular complexity index is 751. The maximum Gasteiger partial charge on any atom is 0.247 e. The van der Waals surface area contributed by atoms with Crippen LogP contribution in [0.15, 0.2) is 18.3 Å². The van der Waals surface area contributed by atoms with Crippen molar-refractivity contribution < 1.29 is 9.53 Å². The summed E-state index contributed by atoms with van der Waals surface area (Å²) in [5, 5.41) is 4.43. The van der Waals surface area contributed by atoms with Gasteiger partial charge in [0.05, 0.1) is 12.8 Å². The van der Waals surface area contributed by atoms with E-state index in [-0.39, 0.29) is 11.9 Å². The Morgan fingerprint density at radius 1 is 1.24 bits per heavy atom. The number of hydrogen-bond acceptors (Lipinski definition) is 6. The van der Waals surface area contributed by atoms with Gasteiger partial charge in [-0.15, -0.1) is 0 Å². The summed E-state index contributed by atoms with van der Waals surface area (Å²) >= 11 is 0. The highest BCUT2D eigenvalue weighted by Crippen LogP contribution is 2.18. The van der Waals surface area contributed by atoms with Gasteiger partial charge in [-0.3, -0.25) is 9.48 Å². The fourth-order valence-electron chi connectivity index (χ4n) is 3.13. The third kappa shape index (κ3) is 3.57. The van der Waals surface area contributed by atoms with Crippen LogP contribution in [0.25, 0.3) is 0 Å². The lowest BCUT2D eigenvalue weighted by Crippen LogP contribution is -2.50. The minimum absolute atomic E-state index is 0.0948. The summed E-state index contributed by atoms with van der Waals surface area (Å²) in [7, 11) is 1.59. The number of carbonyl (C=O) groups excluding carboxylic acids is 1. The first-order valence-electron chi connectivity index (χ1n) is 8.43. The molecule has 25 heavy (non-hydrogen) atoms. The van der Waals surface area contributed by atoms with Gasteiger partial charge in [0.15, 0.2) is 0 Å². The van der Waals surface area contributed by atoms with Crippen LogP contribution in [-0.2, 0) is 4.79 Å². The highest BCUT2D eigenvalue weighted by Gasteiger charge is 2.27. The normalized spacial score (nSPS) is 16.0. The number of aromatic nitrogens is 4. The molecule has 3 rings (SSSR count). The number of methoxy groups -OCH3 is 1. The van der Waals surface area contributed by atoms with E-state index >= 15 is 0 Å². The predicted molar refractivity (Wildman–Crippen MR) is 93.8 cm³/mol. The number of amides is 1. The van der Waals surface area contributed by atoms with Crippen LogP contribution in [0.2, 0.25) is 0 Å². The average molecular weight is 344 g/mol. The topological polar surface area (TPSA) is 76.4 Å². The van der Waals surface area contributed by atoms with Crippen LogP contribution in [0.5, 0.6) is 5.88 Å². The first-order valence-corrected chi connectivity index (χ1v) is 8.43. The van der Waals surface area contributed by atoms with Crippen LogP contribution >= 0.6 is 0 Å². The highest BCUT2D eigenvalue weighted by atomic mass is 16.5. The van der Waals surface area contributed by atoms with Crippen LogP contribution in [0.1, 0.15) is 24.4 Å². The van der Waals surface area contributed by atoms with Gasteiger partial charge in [0.1, 0.15) is 6.04 Å². The number of nitrogens with zero attached hydrogens (tertiary/aromatic N) is 6. The van der Waals surface area contributed by atoms with Gasteiger partial charge in [0, 0.05) is 44.1 Å². The van der Waals surface area contributed by atoms with Crippen molar-refractivity contribution in [2.45, 2.75) is 26.8 Å². The maximum absolute atomic E-state index is 12.8. The van der Waals surface area contributed by atoms with Gasteiger partial charge >= 0.3 is 0 Å². The summed E-state index contributed by atoms with van der Waals surface area (Å²) in [6.07, 6.45) is 1.68. The van der Waals surface area contributed by atoms with E-state index < -0.39 is 0 Å². The van der Waals surface area contributed by atoms with Gasteiger partial charge in [-0.25, -0.2) is 4.98 Å². The molecule has 1 saturated heterocycles. The molecule has 1 amide bonds. The third-order valence-electron chi connectivity index (χ3n) is 4.47. The Morgan fingerprint density at radius 3 is 2.56 bits per heavy atom. The number of carbonyl (C=O) groups is 1. The molecule has 1 aliphatic rings. The number of ether oxygens (including phenoxy) is 1. The van der Waals surface area contributed by atoms with Crippen molar-refractivity contribution in [3.05, 3.63) is 29.7 Å². The second kappa shape index (κ2) is 7.08. The molecule has 1 atom stereocenters. The number of anilines is 1. The zero-order valence-corrected chi connectivity index (χ0v) is 15.1. The second-order valence-electron chi connectivity index (χ2n) is 6.26. The summed E-state index contributed by atoms with van der Waals surface area (Å²) in [6, 6.07) is 3.41. The largest absolute Gasteiger partial charge is 0.481 e. The van der Waals surface area contributed by atoms with Crippen LogP contribution in [0.3, 0.4) is 0 Å². The highest BCUT2D eigenvalue weighted by molar-refractivity contribution is 5.80. The lowest BCUT2D eigenvalue weighted by Gasteiger charge is -2.36. The van der Waals surface area contributed by atoms with E-state index in [1.165, 1.54) is 0 Å². The van der Waals surface area contributed by atoms with Gasteiger partial charge in [-0.1, -0.05) is 0 Å². The summed E-state index contributed by atoms with van der Waals surface area (Å²) in [4.78, 5) is 25.4. The fraction of sp³-hybridized carbons (Fsp3) is 0.529. The van der Waals surface area contributed by atoms with Crippen LogP contribution in [-0.4, -0.2) is 63.8 Å². The van der Waals surface area contributed by atoms with E-state index in [4.69, 9.17) is 4.74 Å². The lowest BCUT2D eigenvalue weighted by atomic mass is 10.2. The van der Waals surface area contributed by atoms with Crippen molar-refractivity contribution in [1.29, 1.82) is 0 Å². The minimum Gasteiger partial charge on any atom is -0.481 e. The van der Waals surface area contributed by atoms with Crippen molar-refractivity contribution in [1.82, 2.24) is 24.6 Å². The molecule has 1 aliphatic heterocycles. The number of piperazine rings is 1. The summed E-state index contributed by atoms with van der Waals surface area (Å²) < 4.78 is 6.95. The monoisotopic (exact) mass is 344 g/mol. The van der Waals surface area contributed by atoms with Gasteiger partial charge < -0.3 is 14.5 Å². The van der Waals surface area contributed by atoms with Crippen LogP contribution in [0.4, 0.5) is 5.95 Å². The molecule has 0 aliphatic carbocycles. The molecule has 0 N–H and O–H groups in total. The van der Waals surface area contributed by atoms with Crippen molar-refractivity contribution >= 4 is 11.9 Å². The second-order valence-corrected chi connectivity index (χ2v) is 6.26. The Labute approximate surface area is 147 Å². The molecule has 0 aromatic carbocycles. The molecule has 3 heterocycles. The lowest BCUT2D eigenvalue weighted by molar-refractivity contribution is -0.134. The standard InChI is InChI=1S/C17H24N6O2/c1-12-11-13(2)23(20-12)14(3)16(24)21-7-9-22(10-8-21)17-18-6-5-15(19-17)25-4/h5-6,11,14H,7-10H2,1-4H3/t14-/m1/s1. The molecule has 0 saturated carbocycles. The average Bonchev–Trinajstić information content (AvgIpc) is 2.99. The molecule has 8 nitrogen and oxygen atoms in total. The first kappa shape index (κ1) is 17.2. The predicted octanol–water partition coefficient (Wildman–Crippen LogP) is 1.21. The smallest absolute Gasteiger partial charge is 0.247 e. The van der Waals surface area contributed by atoms with E-state index in [0.29, 0.717) is 38.0 Å². The zero-order chi connectivity index (χ0) is 18.0. The molecule has 2 aromatic heterocycles. The maximum atomic E-state index is 12.8. The zero-order valence-electron chi connectivity index (χ0n) is 15.1. The molecular weight excluding hydrogens is 320 g/mol. The van der Waals surface area contributed by atoms with E-state index in [1.807, 2.05) is 31.7 Å². The Morgan fingerprint density at radius 2 is 1.96 bits per heavy atom. The van der Waals surface area contributed by atoms with Crippen molar-refractivity contribution in [2.24, 2.45) is 0 Å². The molecular formula is C17H24N6O2. The molecule has 0 bridgehead atoms. The van der Waals surface area contributed by atoms with E-state index in [9.17, 15) is 4.79 Å². The molecule has 0 radical (unpaired) electrons. The van der Waals surface area contributed by atoms with E-state index in [2.05, 4.69) is 20.0 Å². The summed E-state index contributed by atoms with van der Waals surface area (Å²) in [5.41, 5.74) is 1.93. The summed E-state index contributed by atoms with van der Waals surface area (Å²) in [5.74, 6) is 1.28. The fourth-order valence-corrected chi connectivity index (χ4v) is 3.13. The number of aryl methyl sites for hydroxylation is 2. The molecule has 2 aromatic rings. The quantitative estimate of drug-likeness (QED) is 0.830. The Kier molecular flexibility index (Phi) is 4.87. The Hall–Kier alpha value is -2.64. The van der Waals surface area contributed by atoms with Gasteiger partial charge in [-0.2, -0.15) is 10.1 Å². The van der Waals surface area contributed by atoms with E-state index in [0.717, 1.165) is 11.4 Å². The van der Waals surface area contributed by atoms with Crippen LogP contribution in [0, 0.1) is 13.8 Å². The van der Waals surface area contributed by atoms with Crippen molar-refractivity contribution in [2.75, 3.05) is 38.2 Å². The van der Waals surface area contributed by atoms with Gasteiger partial charge in [0.25, 0.3) is 0 Å². The van der Waals surface area contributed by atoms with Gasteiger partial charge in [0.2, 0.25) is 17.7 Å².